The molecular weight excluding hydrogens is 174 g/mol. The molecule has 0 aliphatic carbocycles. The Labute approximate surface area is 89.4 Å². The minimum absolute atomic E-state index is 0.576. The van der Waals surface area contributed by atoms with E-state index in [2.05, 4.69) is 26.1 Å². The Balaban J connectivity index is 3.35. The number of hydrogen-bond acceptors (Lipinski definition) is 2. The first-order valence-corrected chi connectivity index (χ1v) is 5.95. The third-order valence-corrected chi connectivity index (χ3v) is 2.56. The van der Waals surface area contributed by atoms with Gasteiger partial charge >= 0.3 is 0 Å². The minimum atomic E-state index is 0.576. The highest BCUT2D eigenvalue weighted by molar-refractivity contribution is 4.67. The van der Waals surface area contributed by atoms with Gasteiger partial charge in [-0.3, -0.25) is 0 Å². The van der Waals surface area contributed by atoms with Crippen LogP contribution in [0.2, 0.25) is 0 Å². The Morgan fingerprint density at radius 1 is 1.07 bits per heavy atom. The standard InChI is InChI=1S/C12H27NO/c1-5-6-7-8-11(2)13-12(3)9-10-14-4/h11-13H,5-10H2,1-4H3. The zero-order valence-electron chi connectivity index (χ0n) is 10.3. The molecule has 0 rings (SSSR count). The summed E-state index contributed by atoms with van der Waals surface area (Å²) in [7, 11) is 1.76. The van der Waals surface area contributed by atoms with Crippen molar-refractivity contribution in [2.24, 2.45) is 0 Å². The lowest BCUT2D eigenvalue weighted by Crippen LogP contribution is -2.35. The molecule has 0 heterocycles. The molecule has 0 aromatic carbocycles. The first-order valence-electron chi connectivity index (χ1n) is 5.95. The van der Waals surface area contributed by atoms with Crippen LogP contribution in [0.4, 0.5) is 0 Å². The summed E-state index contributed by atoms with van der Waals surface area (Å²) in [6.45, 7) is 7.61. The Morgan fingerprint density at radius 2 is 1.71 bits per heavy atom. The van der Waals surface area contributed by atoms with Gasteiger partial charge in [0.1, 0.15) is 0 Å². The summed E-state index contributed by atoms with van der Waals surface area (Å²) >= 11 is 0. The number of ether oxygens (including phenoxy) is 1. The molecule has 0 fully saturated rings. The zero-order valence-corrected chi connectivity index (χ0v) is 10.3. The molecule has 0 saturated heterocycles. The van der Waals surface area contributed by atoms with Gasteiger partial charge in [0.25, 0.3) is 0 Å². The molecule has 0 aliphatic heterocycles. The van der Waals surface area contributed by atoms with Crippen LogP contribution in [0.25, 0.3) is 0 Å². The van der Waals surface area contributed by atoms with Crippen molar-refractivity contribution < 1.29 is 4.74 Å². The van der Waals surface area contributed by atoms with Gasteiger partial charge in [-0.05, 0) is 26.7 Å². The maximum Gasteiger partial charge on any atom is 0.0476 e. The van der Waals surface area contributed by atoms with E-state index in [-0.39, 0.29) is 0 Å². The van der Waals surface area contributed by atoms with Crippen LogP contribution in [-0.4, -0.2) is 25.8 Å². The molecule has 0 aromatic heterocycles. The van der Waals surface area contributed by atoms with E-state index in [9.17, 15) is 0 Å². The number of methoxy groups -OCH3 is 1. The van der Waals surface area contributed by atoms with Gasteiger partial charge in [0.05, 0.1) is 0 Å². The fourth-order valence-corrected chi connectivity index (χ4v) is 1.65. The molecular formula is C12H27NO. The fraction of sp³-hybridized carbons (Fsp3) is 1.00. The molecule has 0 aromatic rings. The van der Waals surface area contributed by atoms with Crippen LogP contribution in [-0.2, 0) is 4.74 Å². The van der Waals surface area contributed by atoms with Crippen molar-refractivity contribution in [3.8, 4) is 0 Å². The van der Waals surface area contributed by atoms with Gasteiger partial charge in [0, 0.05) is 25.8 Å². The molecule has 0 amide bonds. The van der Waals surface area contributed by atoms with E-state index >= 15 is 0 Å². The topological polar surface area (TPSA) is 21.3 Å². The summed E-state index contributed by atoms with van der Waals surface area (Å²) in [6.07, 6.45) is 6.42. The van der Waals surface area contributed by atoms with Crippen molar-refractivity contribution in [2.75, 3.05) is 13.7 Å². The minimum Gasteiger partial charge on any atom is -0.385 e. The van der Waals surface area contributed by atoms with Crippen LogP contribution < -0.4 is 5.32 Å². The molecule has 1 N–H and O–H groups in total. The smallest absolute Gasteiger partial charge is 0.0476 e. The average molecular weight is 201 g/mol. The fourth-order valence-electron chi connectivity index (χ4n) is 1.65. The van der Waals surface area contributed by atoms with E-state index in [1.54, 1.807) is 7.11 Å². The van der Waals surface area contributed by atoms with Gasteiger partial charge in [0.2, 0.25) is 0 Å². The van der Waals surface area contributed by atoms with Gasteiger partial charge in [-0.1, -0.05) is 26.2 Å². The van der Waals surface area contributed by atoms with Crippen LogP contribution >= 0.6 is 0 Å². The van der Waals surface area contributed by atoms with Gasteiger partial charge in [0.15, 0.2) is 0 Å². The van der Waals surface area contributed by atoms with Crippen LogP contribution in [0.3, 0.4) is 0 Å². The number of hydrogen-bond donors (Lipinski definition) is 1. The first kappa shape index (κ1) is 13.9. The number of rotatable bonds is 9. The van der Waals surface area contributed by atoms with Crippen molar-refractivity contribution in [3.63, 3.8) is 0 Å². The van der Waals surface area contributed by atoms with E-state index in [4.69, 9.17) is 4.74 Å². The Hall–Kier alpha value is -0.0800. The molecule has 86 valence electrons. The third kappa shape index (κ3) is 8.52. The molecule has 2 atom stereocenters. The van der Waals surface area contributed by atoms with E-state index in [1.807, 2.05) is 0 Å². The lowest BCUT2D eigenvalue weighted by molar-refractivity contribution is 0.182. The van der Waals surface area contributed by atoms with Crippen LogP contribution in [0.15, 0.2) is 0 Å². The Bertz CT molecular complexity index is 117. The maximum absolute atomic E-state index is 5.05. The Kier molecular flexibility index (Phi) is 9.42. The van der Waals surface area contributed by atoms with E-state index < -0.39 is 0 Å². The summed E-state index contributed by atoms with van der Waals surface area (Å²) in [4.78, 5) is 0. The largest absolute Gasteiger partial charge is 0.385 e. The molecule has 0 radical (unpaired) electrons. The molecule has 14 heavy (non-hydrogen) atoms. The quantitative estimate of drug-likeness (QED) is 0.579. The van der Waals surface area contributed by atoms with Gasteiger partial charge in [-0.25, -0.2) is 0 Å². The second-order valence-electron chi connectivity index (χ2n) is 4.25. The van der Waals surface area contributed by atoms with Crippen LogP contribution in [0, 0.1) is 0 Å². The predicted octanol–water partition coefficient (Wildman–Crippen LogP) is 2.97. The first-order chi connectivity index (χ1) is 6.70. The molecule has 0 aliphatic rings. The molecule has 2 nitrogen and oxygen atoms in total. The second-order valence-corrected chi connectivity index (χ2v) is 4.25. The molecule has 0 spiro atoms. The summed E-state index contributed by atoms with van der Waals surface area (Å²) in [5, 5.41) is 3.59. The van der Waals surface area contributed by atoms with E-state index in [0.29, 0.717) is 12.1 Å². The maximum atomic E-state index is 5.05. The van der Waals surface area contributed by atoms with Crippen molar-refractivity contribution in [1.29, 1.82) is 0 Å². The normalized spacial score (nSPS) is 15.4. The van der Waals surface area contributed by atoms with Gasteiger partial charge in [-0.2, -0.15) is 0 Å². The van der Waals surface area contributed by atoms with E-state index in [1.165, 1.54) is 25.7 Å². The lowest BCUT2D eigenvalue weighted by Gasteiger charge is -2.19. The molecule has 0 saturated carbocycles. The summed E-state index contributed by atoms with van der Waals surface area (Å²) in [6, 6.07) is 1.22. The van der Waals surface area contributed by atoms with Gasteiger partial charge < -0.3 is 10.1 Å². The molecule has 2 unspecified atom stereocenters. The Morgan fingerprint density at radius 3 is 2.29 bits per heavy atom. The summed E-state index contributed by atoms with van der Waals surface area (Å²) in [5.41, 5.74) is 0. The van der Waals surface area contributed by atoms with Crippen molar-refractivity contribution in [2.45, 2.75) is 65.0 Å². The van der Waals surface area contributed by atoms with E-state index in [0.717, 1.165) is 13.0 Å². The average Bonchev–Trinajstić information content (AvgIpc) is 2.15. The monoisotopic (exact) mass is 201 g/mol. The summed E-state index contributed by atoms with van der Waals surface area (Å²) in [5.74, 6) is 0. The SMILES string of the molecule is CCCCCC(C)NC(C)CCOC. The zero-order chi connectivity index (χ0) is 10.8. The van der Waals surface area contributed by atoms with Crippen molar-refractivity contribution in [1.82, 2.24) is 5.32 Å². The van der Waals surface area contributed by atoms with Gasteiger partial charge in [-0.15, -0.1) is 0 Å². The van der Waals surface area contributed by atoms with Crippen molar-refractivity contribution in [3.05, 3.63) is 0 Å². The second kappa shape index (κ2) is 9.47. The number of nitrogens with one attached hydrogen (secondary N) is 1. The molecule has 0 bridgehead atoms. The highest BCUT2D eigenvalue weighted by Gasteiger charge is 2.06. The summed E-state index contributed by atoms with van der Waals surface area (Å²) < 4.78 is 5.05. The van der Waals surface area contributed by atoms with Crippen LogP contribution in [0.1, 0.15) is 52.9 Å². The third-order valence-electron chi connectivity index (χ3n) is 2.56. The van der Waals surface area contributed by atoms with Crippen molar-refractivity contribution >= 4 is 0 Å². The van der Waals surface area contributed by atoms with Crippen LogP contribution in [0.5, 0.6) is 0 Å². The number of unbranched alkanes of at least 4 members (excludes halogenated alkanes) is 2. The predicted molar refractivity (Wildman–Crippen MR) is 62.7 cm³/mol. The highest BCUT2D eigenvalue weighted by atomic mass is 16.5. The lowest BCUT2D eigenvalue weighted by atomic mass is 10.1. The highest BCUT2D eigenvalue weighted by Crippen LogP contribution is 2.04. The molecule has 2 heteroatoms.